The summed E-state index contributed by atoms with van der Waals surface area (Å²) in [5, 5.41) is 3.92. The largest absolute Gasteiger partial charge is 0.348 e. The van der Waals surface area contributed by atoms with E-state index in [2.05, 4.69) is 39.5 Å². The normalized spacial score (nSPS) is 15.1. The van der Waals surface area contributed by atoms with E-state index in [4.69, 9.17) is 0 Å². The summed E-state index contributed by atoms with van der Waals surface area (Å²) in [5.74, 6) is -0.0482. The van der Waals surface area contributed by atoms with Crippen LogP contribution in [0.15, 0.2) is 60.8 Å². The Morgan fingerprint density at radius 2 is 1.87 bits per heavy atom. The minimum Gasteiger partial charge on any atom is -0.348 e. The highest BCUT2D eigenvalue weighted by molar-refractivity contribution is 7.16. The number of likely N-dealkylation sites (tertiary alicyclic amines) is 1. The van der Waals surface area contributed by atoms with Gasteiger partial charge in [-0.05, 0) is 31.4 Å². The van der Waals surface area contributed by atoms with Gasteiger partial charge >= 0.3 is 0 Å². The van der Waals surface area contributed by atoms with Gasteiger partial charge in [0.15, 0.2) is 5.78 Å². The molecule has 0 atom stereocenters. The van der Waals surface area contributed by atoms with Crippen LogP contribution in [0, 0.1) is 0 Å². The van der Waals surface area contributed by atoms with Crippen molar-refractivity contribution < 1.29 is 9.59 Å². The highest BCUT2D eigenvalue weighted by atomic mass is 32.1. The van der Waals surface area contributed by atoms with Crippen molar-refractivity contribution in [2.45, 2.75) is 32.4 Å². The topological polar surface area (TPSA) is 62.3 Å². The molecule has 3 aromatic rings. The molecule has 1 amide bonds. The number of thiazole rings is 1. The summed E-state index contributed by atoms with van der Waals surface area (Å²) in [6.45, 7) is 4.46. The van der Waals surface area contributed by atoms with Crippen LogP contribution in [0.3, 0.4) is 0 Å². The van der Waals surface area contributed by atoms with Gasteiger partial charge in [0.25, 0.3) is 5.91 Å². The summed E-state index contributed by atoms with van der Waals surface area (Å²) in [6.07, 6.45) is 3.52. The van der Waals surface area contributed by atoms with Crippen LogP contribution in [0.4, 0.5) is 0 Å². The van der Waals surface area contributed by atoms with Gasteiger partial charge in [-0.15, -0.1) is 11.3 Å². The second-order valence-electron chi connectivity index (χ2n) is 7.68. The van der Waals surface area contributed by atoms with E-state index < -0.39 is 0 Å². The lowest BCUT2D eigenvalue weighted by Gasteiger charge is -2.32. The molecule has 4 rings (SSSR count). The number of hydrogen-bond acceptors (Lipinski definition) is 5. The Hall–Kier alpha value is -2.83. The fourth-order valence-corrected chi connectivity index (χ4v) is 4.53. The molecule has 1 aliphatic rings. The van der Waals surface area contributed by atoms with E-state index in [1.54, 1.807) is 19.2 Å². The van der Waals surface area contributed by atoms with Gasteiger partial charge in [0.2, 0.25) is 0 Å². The Morgan fingerprint density at radius 1 is 1.10 bits per heavy atom. The molecular weight excluding hydrogens is 394 g/mol. The quantitative estimate of drug-likeness (QED) is 0.601. The van der Waals surface area contributed by atoms with Crippen LogP contribution in [0.1, 0.15) is 45.4 Å². The first-order valence-electron chi connectivity index (χ1n) is 10.2. The molecule has 1 fully saturated rings. The molecule has 2 heterocycles. The Morgan fingerprint density at radius 3 is 2.60 bits per heavy atom. The van der Waals surface area contributed by atoms with Crippen LogP contribution in [0.5, 0.6) is 0 Å². The number of ketones is 1. The predicted molar refractivity (Wildman–Crippen MR) is 120 cm³/mol. The van der Waals surface area contributed by atoms with Crippen molar-refractivity contribution in [3.8, 4) is 10.6 Å². The zero-order valence-corrected chi connectivity index (χ0v) is 17.8. The van der Waals surface area contributed by atoms with Crippen molar-refractivity contribution >= 4 is 23.0 Å². The third-order valence-electron chi connectivity index (χ3n) is 5.42. The first-order chi connectivity index (χ1) is 14.6. The molecule has 0 unspecified atom stereocenters. The number of piperidine rings is 1. The zero-order chi connectivity index (χ0) is 20.9. The van der Waals surface area contributed by atoms with Crippen molar-refractivity contribution in [2.24, 2.45) is 0 Å². The van der Waals surface area contributed by atoms with Gasteiger partial charge < -0.3 is 5.32 Å². The van der Waals surface area contributed by atoms with E-state index in [0.717, 1.165) is 43.0 Å². The summed E-state index contributed by atoms with van der Waals surface area (Å²) < 4.78 is 0. The molecule has 1 aromatic heterocycles. The van der Waals surface area contributed by atoms with Crippen molar-refractivity contribution in [2.75, 3.05) is 13.1 Å². The van der Waals surface area contributed by atoms with Gasteiger partial charge in [0.05, 0.1) is 6.20 Å². The van der Waals surface area contributed by atoms with E-state index in [9.17, 15) is 9.59 Å². The Bertz CT molecular complexity index is 1020. The second-order valence-corrected chi connectivity index (χ2v) is 8.71. The zero-order valence-electron chi connectivity index (χ0n) is 17.0. The third-order valence-corrected chi connectivity index (χ3v) is 6.46. The van der Waals surface area contributed by atoms with E-state index in [1.807, 2.05) is 24.3 Å². The number of nitrogens with zero attached hydrogens (tertiary/aromatic N) is 2. The van der Waals surface area contributed by atoms with Gasteiger partial charge in [-0.3, -0.25) is 14.5 Å². The minimum absolute atomic E-state index is 0.0185. The highest BCUT2D eigenvalue weighted by Gasteiger charge is 2.22. The predicted octanol–water partition coefficient (Wildman–Crippen LogP) is 4.41. The molecule has 0 radical (unpaired) electrons. The average molecular weight is 420 g/mol. The minimum atomic E-state index is -0.0667. The van der Waals surface area contributed by atoms with Crippen LogP contribution in [-0.2, 0) is 6.54 Å². The molecule has 30 heavy (non-hydrogen) atoms. The molecule has 2 aromatic carbocycles. The molecule has 0 aliphatic carbocycles. The van der Waals surface area contributed by atoms with Crippen LogP contribution < -0.4 is 5.32 Å². The summed E-state index contributed by atoms with van der Waals surface area (Å²) in [5.41, 5.74) is 2.84. The lowest BCUT2D eigenvalue weighted by atomic mass is 10.0. The number of carbonyl (C=O) groups is 2. The van der Waals surface area contributed by atoms with E-state index in [1.165, 1.54) is 16.9 Å². The Balaban J connectivity index is 1.32. The van der Waals surface area contributed by atoms with Gasteiger partial charge in [0, 0.05) is 36.8 Å². The van der Waals surface area contributed by atoms with E-state index in [-0.39, 0.29) is 17.7 Å². The van der Waals surface area contributed by atoms with Crippen molar-refractivity contribution in [1.29, 1.82) is 0 Å². The van der Waals surface area contributed by atoms with Gasteiger partial charge in [-0.1, -0.05) is 48.5 Å². The molecule has 1 aliphatic heterocycles. The number of carbonyl (C=O) groups excluding carboxylic acids is 2. The number of Topliss-reactive ketones (excluding diaryl/α,β-unsaturated/α-hetero) is 1. The molecule has 6 heteroatoms. The summed E-state index contributed by atoms with van der Waals surface area (Å²) in [6, 6.07) is 18.0. The van der Waals surface area contributed by atoms with E-state index >= 15 is 0 Å². The van der Waals surface area contributed by atoms with Crippen molar-refractivity contribution in [3.63, 3.8) is 0 Å². The molecule has 1 N–H and O–H groups in total. The summed E-state index contributed by atoms with van der Waals surface area (Å²) in [7, 11) is 0. The van der Waals surface area contributed by atoms with Gasteiger partial charge in [0.1, 0.15) is 9.88 Å². The SMILES string of the molecule is CC(=O)c1cccc(-c2ncc(C(=O)NC3CCN(Cc4ccccc4)CC3)s2)c1. The fourth-order valence-electron chi connectivity index (χ4n) is 3.72. The van der Waals surface area contributed by atoms with Gasteiger partial charge in [-0.2, -0.15) is 0 Å². The number of benzene rings is 2. The number of amides is 1. The first kappa shape index (κ1) is 20.4. The van der Waals surface area contributed by atoms with Crippen LogP contribution >= 0.6 is 11.3 Å². The number of hydrogen-bond donors (Lipinski definition) is 1. The number of aromatic nitrogens is 1. The number of rotatable bonds is 6. The summed E-state index contributed by atoms with van der Waals surface area (Å²) in [4.78, 5) is 31.7. The lowest BCUT2D eigenvalue weighted by Crippen LogP contribution is -2.44. The lowest BCUT2D eigenvalue weighted by molar-refractivity contribution is 0.0912. The standard InChI is InChI=1S/C24H25N3O2S/c1-17(28)19-8-5-9-20(14-19)24-25-15-22(30-24)23(29)26-21-10-12-27(13-11-21)16-18-6-3-2-4-7-18/h2-9,14-15,21H,10-13,16H2,1H3,(H,26,29). The van der Waals surface area contributed by atoms with E-state index in [0.29, 0.717) is 10.4 Å². The Kier molecular flexibility index (Phi) is 6.35. The molecule has 5 nitrogen and oxygen atoms in total. The van der Waals surface area contributed by atoms with Crippen LogP contribution in [-0.4, -0.2) is 40.7 Å². The molecule has 1 saturated heterocycles. The highest BCUT2D eigenvalue weighted by Crippen LogP contribution is 2.26. The maximum atomic E-state index is 12.7. The number of nitrogens with one attached hydrogen (secondary N) is 1. The molecule has 154 valence electrons. The molecular formula is C24H25N3O2S. The van der Waals surface area contributed by atoms with Crippen LogP contribution in [0.25, 0.3) is 10.6 Å². The third kappa shape index (κ3) is 5.01. The molecule has 0 spiro atoms. The van der Waals surface area contributed by atoms with Crippen molar-refractivity contribution in [3.05, 3.63) is 76.8 Å². The van der Waals surface area contributed by atoms with Crippen LogP contribution in [0.2, 0.25) is 0 Å². The van der Waals surface area contributed by atoms with Gasteiger partial charge in [-0.25, -0.2) is 4.98 Å². The first-order valence-corrected chi connectivity index (χ1v) is 11.0. The summed E-state index contributed by atoms with van der Waals surface area (Å²) >= 11 is 1.36. The smallest absolute Gasteiger partial charge is 0.263 e. The average Bonchev–Trinajstić information content (AvgIpc) is 3.26. The maximum absolute atomic E-state index is 12.7. The maximum Gasteiger partial charge on any atom is 0.263 e. The van der Waals surface area contributed by atoms with Crippen molar-refractivity contribution in [1.82, 2.24) is 15.2 Å². The molecule has 0 saturated carbocycles. The fraction of sp³-hybridized carbons (Fsp3) is 0.292. The monoisotopic (exact) mass is 419 g/mol. The Labute approximate surface area is 180 Å². The molecule has 0 bridgehead atoms. The second kappa shape index (κ2) is 9.32.